The third kappa shape index (κ3) is 5.86. The topological polar surface area (TPSA) is 85.0 Å². The van der Waals surface area contributed by atoms with E-state index in [1.165, 1.54) is 5.56 Å². The van der Waals surface area contributed by atoms with Crippen molar-refractivity contribution in [3.05, 3.63) is 65.0 Å². The Morgan fingerprint density at radius 1 is 1.00 bits per heavy atom. The number of anilines is 2. The molecule has 0 amide bonds. The number of halogens is 1. The molecule has 0 unspecified atom stereocenters. The van der Waals surface area contributed by atoms with Gasteiger partial charge in [-0.15, -0.1) is 0 Å². The molecule has 5 rings (SSSR count). The van der Waals surface area contributed by atoms with Crippen LogP contribution in [0.2, 0.25) is 0 Å². The number of pyridine rings is 2. The van der Waals surface area contributed by atoms with E-state index in [4.69, 9.17) is 4.98 Å². The van der Waals surface area contributed by atoms with Crippen LogP contribution < -0.4 is 15.5 Å². The summed E-state index contributed by atoms with van der Waals surface area (Å²) in [6, 6.07) is 12.6. The minimum Gasteiger partial charge on any atom is -0.384 e. The van der Waals surface area contributed by atoms with E-state index in [2.05, 4.69) is 88.6 Å². The van der Waals surface area contributed by atoms with Gasteiger partial charge in [0.25, 0.3) is 0 Å². The number of aromatic amines is 1. The zero-order valence-corrected chi connectivity index (χ0v) is 22.3. The molecule has 4 heterocycles. The van der Waals surface area contributed by atoms with Crippen molar-refractivity contribution in [3.63, 3.8) is 0 Å². The van der Waals surface area contributed by atoms with E-state index >= 15 is 0 Å². The van der Waals surface area contributed by atoms with Crippen molar-refractivity contribution < 1.29 is 0 Å². The summed E-state index contributed by atoms with van der Waals surface area (Å²) in [5.41, 5.74) is 6.27. The van der Waals surface area contributed by atoms with Gasteiger partial charge in [0.1, 0.15) is 11.3 Å². The Kier molecular flexibility index (Phi) is 8.10. The molecular formula is C27H33BrN8. The lowest BCUT2D eigenvalue weighted by molar-refractivity contribution is 0.249. The lowest BCUT2D eigenvalue weighted by Gasteiger charge is -2.36. The first-order valence-electron chi connectivity index (χ1n) is 12.7. The Hall–Kier alpha value is -3.01. The van der Waals surface area contributed by atoms with Crippen LogP contribution in [-0.4, -0.2) is 70.6 Å². The van der Waals surface area contributed by atoms with Crippen LogP contribution in [0.25, 0.3) is 22.6 Å². The number of nitrogens with zero attached hydrogens (tertiary/aromatic N) is 5. The summed E-state index contributed by atoms with van der Waals surface area (Å²) in [7, 11) is 0. The summed E-state index contributed by atoms with van der Waals surface area (Å²) in [4.78, 5) is 22.1. The van der Waals surface area contributed by atoms with E-state index in [0.717, 1.165) is 97.2 Å². The first-order valence-corrected chi connectivity index (χ1v) is 13.5. The lowest BCUT2D eigenvalue weighted by atomic mass is 10.2. The van der Waals surface area contributed by atoms with Gasteiger partial charge in [0.05, 0.1) is 10.2 Å². The molecule has 0 radical (unpaired) electrons. The number of hydrogen-bond acceptors (Lipinski definition) is 7. The fourth-order valence-electron chi connectivity index (χ4n) is 4.59. The van der Waals surface area contributed by atoms with Crippen LogP contribution >= 0.6 is 15.9 Å². The van der Waals surface area contributed by atoms with Crippen molar-refractivity contribution in [2.24, 2.45) is 0 Å². The molecule has 1 aromatic carbocycles. The summed E-state index contributed by atoms with van der Waals surface area (Å²) >= 11 is 3.75. The molecule has 188 valence electrons. The molecule has 0 aliphatic carbocycles. The van der Waals surface area contributed by atoms with Crippen LogP contribution in [0.1, 0.15) is 18.9 Å². The van der Waals surface area contributed by atoms with Gasteiger partial charge in [-0.05, 0) is 64.8 Å². The predicted molar refractivity (Wildman–Crippen MR) is 150 cm³/mol. The van der Waals surface area contributed by atoms with Gasteiger partial charge >= 0.3 is 0 Å². The van der Waals surface area contributed by atoms with E-state index in [0.29, 0.717) is 0 Å². The quantitative estimate of drug-likeness (QED) is 0.251. The highest BCUT2D eigenvalue weighted by atomic mass is 79.9. The number of piperazine rings is 1. The van der Waals surface area contributed by atoms with E-state index < -0.39 is 0 Å². The fourth-order valence-corrected chi connectivity index (χ4v) is 5.14. The average Bonchev–Trinajstić information content (AvgIpc) is 3.34. The summed E-state index contributed by atoms with van der Waals surface area (Å²) in [5.74, 6) is 0.836. The van der Waals surface area contributed by atoms with Crippen molar-refractivity contribution >= 4 is 38.5 Å². The molecule has 1 aliphatic rings. The van der Waals surface area contributed by atoms with Crippen LogP contribution in [0.5, 0.6) is 0 Å². The molecule has 0 saturated carbocycles. The Morgan fingerprint density at radius 3 is 2.58 bits per heavy atom. The monoisotopic (exact) mass is 548 g/mol. The minimum atomic E-state index is 0.741. The molecule has 0 bridgehead atoms. The van der Waals surface area contributed by atoms with Gasteiger partial charge in [0.2, 0.25) is 0 Å². The Bertz CT molecular complexity index is 1250. The molecule has 9 heteroatoms. The zero-order valence-electron chi connectivity index (χ0n) is 20.7. The maximum Gasteiger partial charge on any atom is 0.180 e. The largest absolute Gasteiger partial charge is 0.384 e. The van der Waals surface area contributed by atoms with Crippen LogP contribution in [-0.2, 0) is 6.54 Å². The first-order chi connectivity index (χ1) is 17.7. The van der Waals surface area contributed by atoms with Gasteiger partial charge in [-0.1, -0.05) is 13.0 Å². The Morgan fingerprint density at radius 2 is 1.83 bits per heavy atom. The molecule has 8 nitrogen and oxygen atoms in total. The maximum atomic E-state index is 4.81. The molecule has 1 saturated heterocycles. The molecule has 3 aromatic heterocycles. The normalized spacial score (nSPS) is 14.4. The van der Waals surface area contributed by atoms with Crippen LogP contribution in [0.4, 0.5) is 11.4 Å². The van der Waals surface area contributed by atoms with Gasteiger partial charge in [0.15, 0.2) is 5.65 Å². The molecule has 36 heavy (non-hydrogen) atoms. The van der Waals surface area contributed by atoms with Crippen molar-refractivity contribution in [3.8, 4) is 11.4 Å². The first kappa shape index (κ1) is 24.7. The summed E-state index contributed by atoms with van der Waals surface area (Å²) in [5, 5.41) is 6.87. The van der Waals surface area contributed by atoms with Gasteiger partial charge < -0.3 is 20.5 Å². The predicted octanol–water partition coefficient (Wildman–Crippen LogP) is 4.52. The minimum absolute atomic E-state index is 0.741. The molecular weight excluding hydrogens is 516 g/mol. The second-order valence-corrected chi connectivity index (χ2v) is 9.97. The van der Waals surface area contributed by atoms with E-state index in [1.54, 1.807) is 0 Å². The van der Waals surface area contributed by atoms with Crippen molar-refractivity contribution in [1.29, 1.82) is 0 Å². The molecule has 1 fully saturated rings. The summed E-state index contributed by atoms with van der Waals surface area (Å²) in [6.45, 7) is 9.91. The summed E-state index contributed by atoms with van der Waals surface area (Å²) < 4.78 is 0.988. The fraction of sp³-hybridized carbons (Fsp3) is 0.370. The van der Waals surface area contributed by atoms with Crippen molar-refractivity contribution in [2.75, 3.05) is 56.0 Å². The van der Waals surface area contributed by atoms with Gasteiger partial charge in [0, 0.05) is 75.7 Å². The van der Waals surface area contributed by atoms with Crippen LogP contribution in [0, 0.1) is 0 Å². The van der Waals surface area contributed by atoms with Crippen LogP contribution in [0.3, 0.4) is 0 Å². The molecule has 0 atom stereocenters. The highest BCUT2D eigenvalue weighted by Gasteiger charge is 2.23. The highest BCUT2D eigenvalue weighted by Crippen LogP contribution is 2.34. The third-order valence-electron chi connectivity index (χ3n) is 6.48. The number of fused-ring (bicyclic) bond motifs is 1. The van der Waals surface area contributed by atoms with Crippen LogP contribution in [0.15, 0.2) is 59.5 Å². The molecule has 4 aromatic rings. The maximum absolute atomic E-state index is 4.81. The Labute approximate surface area is 220 Å². The standard InChI is InChI=1S/C27H33BrN8/c1-2-9-29-11-12-31-22-7-5-21(6-8-22)26-33-24-25(23(28)18-32-27(24)34-26)36-15-13-35(14-16-36)19-20-4-3-10-30-17-20/h3-8,10,17-18,29,31H,2,9,11-16,19H2,1H3,(H,32,33,34). The number of aromatic nitrogens is 4. The van der Waals surface area contributed by atoms with E-state index in [9.17, 15) is 0 Å². The number of imidazole rings is 1. The third-order valence-corrected chi connectivity index (χ3v) is 7.06. The number of H-pyrrole nitrogens is 1. The second-order valence-electron chi connectivity index (χ2n) is 9.12. The second kappa shape index (κ2) is 11.8. The lowest BCUT2D eigenvalue weighted by Crippen LogP contribution is -2.46. The van der Waals surface area contributed by atoms with Crippen molar-refractivity contribution in [1.82, 2.24) is 30.2 Å². The number of benzene rings is 1. The van der Waals surface area contributed by atoms with Gasteiger partial charge in [-0.3, -0.25) is 9.88 Å². The number of hydrogen-bond donors (Lipinski definition) is 3. The average molecular weight is 550 g/mol. The van der Waals surface area contributed by atoms with E-state index in [1.807, 2.05) is 24.7 Å². The van der Waals surface area contributed by atoms with Crippen molar-refractivity contribution in [2.45, 2.75) is 19.9 Å². The SMILES string of the molecule is CCCNCCNc1ccc(-c2nc3ncc(Br)c(N4CCN(Cc5cccnc5)CC4)c3[nH]2)cc1. The van der Waals surface area contributed by atoms with E-state index in [-0.39, 0.29) is 0 Å². The number of nitrogens with one attached hydrogen (secondary N) is 3. The van der Waals surface area contributed by atoms with Gasteiger partial charge in [-0.2, -0.15) is 0 Å². The highest BCUT2D eigenvalue weighted by molar-refractivity contribution is 9.10. The smallest absolute Gasteiger partial charge is 0.180 e. The molecule has 0 spiro atoms. The zero-order chi connectivity index (χ0) is 24.7. The molecule has 1 aliphatic heterocycles. The number of rotatable bonds is 10. The summed E-state index contributed by atoms with van der Waals surface area (Å²) in [6.07, 6.45) is 6.80. The Balaban J connectivity index is 1.27. The molecule has 3 N–H and O–H groups in total. The van der Waals surface area contributed by atoms with Gasteiger partial charge in [-0.25, -0.2) is 9.97 Å².